The molecule has 4 fully saturated rings. The minimum Gasteiger partial charge on any atom is -0.459 e. The molecule has 0 amide bonds. The summed E-state index contributed by atoms with van der Waals surface area (Å²) in [4.78, 5) is 22.5. The summed E-state index contributed by atoms with van der Waals surface area (Å²) in [6, 6.07) is 0. The maximum atomic E-state index is 12.5. The molecule has 0 spiro atoms. The second-order valence-electron chi connectivity index (χ2n) is 6.50. The van der Waals surface area contributed by atoms with Crippen molar-refractivity contribution in [3.63, 3.8) is 0 Å². The summed E-state index contributed by atoms with van der Waals surface area (Å²) in [5, 5.41) is -3.89. The maximum absolute atomic E-state index is 12.5. The van der Waals surface area contributed by atoms with Gasteiger partial charge in [-0.3, -0.25) is 0 Å². The SMILES string of the molecule is O=C(COC(=O)C(F)(F)S)OC1C2CC3CC(C2)CC1C3. The molecule has 0 atom stereocenters. The molecule has 0 heterocycles. The maximum Gasteiger partial charge on any atom is 0.388 e. The largest absolute Gasteiger partial charge is 0.459 e. The highest BCUT2D eigenvalue weighted by molar-refractivity contribution is 7.82. The second-order valence-corrected chi connectivity index (χ2v) is 7.06. The van der Waals surface area contributed by atoms with Crippen molar-refractivity contribution in [2.75, 3.05) is 6.61 Å². The monoisotopic (exact) mass is 320 g/mol. The van der Waals surface area contributed by atoms with Crippen LogP contribution >= 0.6 is 12.6 Å². The molecule has 0 unspecified atom stereocenters. The molecule has 4 aliphatic carbocycles. The van der Waals surface area contributed by atoms with Crippen LogP contribution in [0, 0.1) is 23.7 Å². The van der Waals surface area contributed by atoms with Crippen molar-refractivity contribution < 1.29 is 27.8 Å². The van der Waals surface area contributed by atoms with Crippen LogP contribution < -0.4 is 0 Å². The molecular formula is C14H18F2O4S. The highest BCUT2D eigenvalue weighted by Crippen LogP contribution is 2.54. The Morgan fingerprint density at radius 2 is 1.57 bits per heavy atom. The number of halogens is 2. The molecule has 0 saturated heterocycles. The van der Waals surface area contributed by atoms with Crippen molar-refractivity contribution >= 4 is 24.6 Å². The molecule has 4 bridgehead atoms. The molecule has 0 aliphatic heterocycles. The minimum absolute atomic E-state index is 0.138. The van der Waals surface area contributed by atoms with Gasteiger partial charge in [-0.05, 0) is 55.8 Å². The number of hydrogen-bond acceptors (Lipinski definition) is 5. The lowest BCUT2D eigenvalue weighted by atomic mass is 9.55. The van der Waals surface area contributed by atoms with Crippen molar-refractivity contribution in [3.8, 4) is 0 Å². The quantitative estimate of drug-likeness (QED) is 0.638. The molecule has 118 valence electrons. The molecule has 7 heteroatoms. The van der Waals surface area contributed by atoms with Gasteiger partial charge in [0, 0.05) is 0 Å². The third-order valence-electron chi connectivity index (χ3n) is 4.97. The van der Waals surface area contributed by atoms with E-state index in [1.54, 1.807) is 0 Å². The number of esters is 2. The lowest BCUT2D eigenvalue weighted by molar-refractivity contribution is -0.181. The van der Waals surface area contributed by atoms with Crippen LogP contribution in [0.4, 0.5) is 8.78 Å². The minimum atomic E-state index is -3.89. The number of hydrogen-bond donors (Lipinski definition) is 1. The predicted molar refractivity (Wildman–Crippen MR) is 71.8 cm³/mol. The van der Waals surface area contributed by atoms with Crippen molar-refractivity contribution in [2.45, 2.75) is 43.5 Å². The number of carbonyl (C=O) groups is 2. The van der Waals surface area contributed by atoms with Crippen molar-refractivity contribution in [1.82, 2.24) is 0 Å². The Bertz CT molecular complexity index is 421. The number of rotatable bonds is 4. The van der Waals surface area contributed by atoms with Crippen LogP contribution in [0.25, 0.3) is 0 Å². The van der Waals surface area contributed by atoms with Gasteiger partial charge < -0.3 is 9.47 Å². The molecule has 4 saturated carbocycles. The fraction of sp³-hybridized carbons (Fsp3) is 0.857. The summed E-state index contributed by atoms with van der Waals surface area (Å²) in [7, 11) is 0. The summed E-state index contributed by atoms with van der Waals surface area (Å²) in [5.41, 5.74) is 0. The summed E-state index contributed by atoms with van der Waals surface area (Å²) in [5.74, 6) is -0.308. The molecule has 0 aromatic rings. The summed E-state index contributed by atoms with van der Waals surface area (Å²) < 4.78 is 34.6. The van der Waals surface area contributed by atoms with E-state index in [1.807, 2.05) is 0 Å². The van der Waals surface area contributed by atoms with Crippen molar-refractivity contribution in [3.05, 3.63) is 0 Å². The average Bonchev–Trinajstić information content (AvgIpc) is 2.38. The fourth-order valence-corrected chi connectivity index (χ4v) is 4.53. The van der Waals surface area contributed by atoms with E-state index in [4.69, 9.17) is 4.74 Å². The van der Waals surface area contributed by atoms with E-state index < -0.39 is 23.8 Å². The zero-order valence-electron chi connectivity index (χ0n) is 11.5. The molecule has 4 nitrogen and oxygen atoms in total. The third-order valence-corrected chi connectivity index (χ3v) is 5.16. The second kappa shape index (κ2) is 5.41. The van der Waals surface area contributed by atoms with Gasteiger partial charge in [0.15, 0.2) is 6.61 Å². The molecule has 0 N–H and O–H groups in total. The Morgan fingerprint density at radius 1 is 1.05 bits per heavy atom. The molecule has 4 rings (SSSR count). The van der Waals surface area contributed by atoms with Gasteiger partial charge in [0.1, 0.15) is 6.10 Å². The average molecular weight is 320 g/mol. The van der Waals surface area contributed by atoms with Crippen LogP contribution in [0.3, 0.4) is 0 Å². The van der Waals surface area contributed by atoms with Gasteiger partial charge in [-0.2, -0.15) is 8.78 Å². The first-order valence-corrected chi connectivity index (χ1v) is 7.74. The van der Waals surface area contributed by atoms with E-state index in [0.29, 0.717) is 11.8 Å². The first-order valence-electron chi connectivity index (χ1n) is 7.30. The van der Waals surface area contributed by atoms with Gasteiger partial charge in [-0.1, -0.05) is 12.6 Å². The van der Waals surface area contributed by atoms with Crippen LogP contribution in [0.2, 0.25) is 0 Å². The van der Waals surface area contributed by atoms with Crippen LogP contribution in [-0.4, -0.2) is 29.9 Å². The van der Waals surface area contributed by atoms with E-state index in [2.05, 4.69) is 17.4 Å². The number of carbonyl (C=O) groups excluding carboxylic acids is 2. The number of thiol groups is 1. The Balaban J connectivity index is 1.50. The van der Waals surface area contributed by atoms with Crippen LogP contribution in [-0.2, 0) is 19.1 Å². The summed E-state index contributed by atoms with van der Waals surface area (Å²) >= 11 is 2.79. The zero-order valence-corrected chi connectivity index (χ0v) is 12.4. The van der Waals surface area contributed by atoms with E-state index in [1.165, 1.54) is 6.42 Å². The van der Waals surface area contributed by atoms with Gasteiger partial charge >= 0.3 is 17.2 Å². The van der Waals surface area contributed by atoms with E-state index >= 15 is 0 Å². The van der Waals surface area contributed by atoms with Crippen LogP contribution in [0.15, 0.2) is 0 Å². The number of ether oxygens (including phenoxy) is 2. The zero-order chi connectivity index (χ0) is 15.2. The molecule has 0 radical (unpaired) electrons. The summed E-state index contributed by atoms with van der Waals surface area (Å²) in [6.45, 7) is -0.780. The van der Waals surface area contributed by atoms with Gasteiger partial charge in [0.25, 0.3) is 0 Å². The highest BCUT2D eigenvalue weighted by Gasteiger charge is 2.50. The highest BCUT2D eigenvalue weighted by atomic mass is 32.1. The smallest absolute Gasteiger partial charge is 0.388 e. The molecular weight excluding hydrogens is 302 g/mol. The van der Waals surface area contributed by atoms with Crippen LogP contribution in [0.5, 0.6) is 0 Å². The molecule has 21 heavy (non-hydrogen) atoms. The Labute approximate surface area is 127 Å². The van der Waals surface area contributed by atoms with E-state index in [-0.39, 0.29) is 6.10 Å². The lowest BCUT2D eigenvalue weighted by Gasteiger charge is -2.53. The summed E-state index contributed by atoms with van der Waals surface area (Å²) in [6.07, 6.45) is 5.49. The topological polar surface area (TPSA) is 52.6 Å². The van der Waals surface area contributed by atoms with Crippen molar-refractivity contribution in [1.29, 1.82) is 0 Å². The predicted octanol–water partition coefficient (Wildman–Crippen LogP) is 2.42. The first kappa shape index (κ1) is 15.1. The van der Waals surface area contributed by atoms with Gasteiger partial charge in [-0.25, -0.2) is 9.59 Å². The Hall–Kier alpha value is -0.850. The van der Waals surface area contributed by atoms with Crippen LogP contribution in [0.1, 0.15) is 32.1 Å². The molecule has 0 aromatic carbocycles. The number of alkyl halides is 2. The van der Waals surface area contributed by atoms with E-state index in [0.717, 1.165) is 37.5 Å². The lowest BCUT2D eigenvalue weighted by Crippen LogP contribution is -2.50. The molecule has 0 aromatic heterocycles. The fourth-order valence-electron chi connectivity index (χ4n) is 4.46. The molecule has 4 aliphatic rings. The first-order chi connectivity index (χ1) is 9.83. The van der Waals surface area contributed by atoms with Gasteiger partial charge in [0.2, 0.25) is 0 Å². The standard InChI is InChI=1S/C14H18F2O4S/c15-14(16,21)13(18)19-6-11(17)20-12-9-2-7-1-8(4-9)5-10(12)3-7/h7-10,12,21H,1-6H2. The Morgan fingerprint density at radius 3 is 2.05 bits per heavy atom. The van der Waals surface area contributed by atoms with Gasteiger partial charge in [-0.15, -0.1) is 0 Å². The third kappa shape index (κ3) is 3.17. The Kier molecular flexibility index (Phi) is 3.88. The van der Waals surface area contributed by atoms with Gasteiger partial charge in [0.05, 0.1) is 0 Å². The normalized spacial score (nSPS) is 37.4. The van der Waals surface area contributed by atoms with Crippen molar-refractivity contribution in [2.24, 2.45) is 23.7 Å². The van der Waals surface area contributed by atoms with E-state index in [9.17, 15) is 18.4 Å².